The second kappa shape index (κ2) is 4.18. The van der Waals surface area contributed by atoms with Gasteiger partial charge in [0.15, 0.2) is 0 Å². The highest BCUT2D eigenvalue weighted by Crippen LogP contribution is 2.54. The molecule has 2 N–H and O–H groups in total. The van der Waals surface area contributed by atoms with Crippen LogP contribution in [0.2, 0.25) is 5.02 Å². The van der Waals surface area contributed by atoms with E-state index in [4.69, 9.17) is 22.1 Å². The van der Waals surface area contributed by atoms with Gasteiger partial charge in [0.05, 0.1) is 12.1 Å². The lowest BCUT2D eigenvalue weighted by molar-refractivity contribution is 0.413. The summed E-state index contributed by atoms with van der Waals surface area (Å²) in [5.41, 5.74) is 9.98. The molecule has 1 fully saturated rings. The monoisotopic (exact) mass is 253 g/mol. The fraction of sp³-hybridized carbons (Fsp3) is 0.571. The first-order chi connectivity index (χ1) is 7.94. The highest BCUT2D eigenvalue weighted by molar-refractivity contribution is 6.33. The Kier molecular flexibility index (Phi) is 3.13. The lowest BCUT2D eigenvalue weighted by Crippen LogP contribution is -2.33. The van der Waals surface area contributed by atoms with Crippen molar-refractivity contribution in [2.45, 2.75) is 45.1 Å². The van der Waals surface area contributed by atoms with E-state index in [1.54, 1.807) is 7.11 Å². The van der Waals surface area contributed by atoms with Gasteiger partial charge in [0.1, 0.15) is 5.75 Å². The Morgan fingerprint density at radius 3 is 2.41 bits per heavy atom. The smallest absolute Gasteiger partial charge is 0.138 e. The van der Waals surface area contributed by atoms with E-state index in [1.165, 1.54) is 11.1 Å². The first kappa shape index (κ1) is 12.7. The summed E-state index contributed by atoms with van der Waals surface area (Å²) in [6, 6.07) is 2.19. The zero-order valence-electron chi connectivity index (χ0n) is 10.9. The number of methoxy groups -OCH3 is 1. The molecular formula is C14H20ClNO. The molecule has 17 heavy (non-hydrogen) atoms. The van der Waals surface area contributed by atoms with E-state index in [1.807, 2.05) is 6.07 Å². The number of rotatable bonds is 3. The normalized spacial score (nSPS) is 18.9. The summed E-state index contributed by atoms with van der Waals surface area (Å²) in [5, 5.41) is 0.722. The summed E-state index contributed by atoms with van der Waals surface area (Å²) in [4.78, 5) is 0. The lowest BCUT2D eigenvalue weighted by Gasteiger charge is -2.26. The van der Waals surface area contributed by atoms with Crippen LogP contribution in [0.4, 0.5) is 0 Å². The predicted molar refractivity (Wildman–Crippen MR) is 72.0 cm³/mol. The van der Waals surface area contributed by atoms with Gasteiger partial charge in [-0.15, -0.1) is 0 Å². The summed E-state index contributed by atoms with van der Waals surface area (Å²) >= 11 is 6.34. The molecule has 1 unspecified atom stereocenters. The molecular weight excluding hydrogens is 234 g/mol. The molecule has 0 heterocycles. The minimum absolute atomic E-state index is 0.143. The van der Waals surface area contributed by atoms with Gasteiger partial charge in [-0.2, -0.15) is 0 Å². The van der Waals surface area contributed by atoms with E-state index in [-0.39, 0.29) is 11.5 Å². The van der Waals surface area contributed by atoms with Crippen molar-refractivity contribution < 1.29 is 4.74 Å². The summed E-state index contributed by atoms with van der Waals surface area (Å²) < 4.78 is 5.29. The maximum absolute atomic E-state index is 6.34. The van der Waals surface area contributed by atoms with E-state index in [0.29, 0.717) is 0 Å². The number of aryl methyl sites for hydroxylation is 1. The van der Waals surface area contributed by atoms with Gasteiger partial charge >= 0.3 is 0 Å². The molecule has 2 nitrogen and oxygen atoms in total. The second-order valence-corrected chi connectivity index (χ2v) is 5.53. The van der Waals surface area contributed by atoms with E-state index >= 15 is 0 Å². The van der Waals surface area contributed by atoms with Crippen LogP contribution >= 0.6 is 11.6 Å². The SMILES string of the molecule is COc1cc(C)c(C2(C(C)N)CC2)c(C)c1Cl. The summed E-state index contributed by atoms with van der Waals surface area (Å²) in [6.45, 7) is 6.27. The minimum Gasteiger partial charge on any atom is -0.495 e. The Balaban J connectivity index is 2.60. The topological polar surface area (TPSA) is 35.2 Å². The fourth-order valence-corrected chi connectivity index (χ4v) is 3.13. The van der Waals surface area contributed by atoms with Crippen LogP contribution in [0.1, 0.15) is 36.5 Å². The maximum Gasteiger partial charge on any atom is 0.138 e. The van der Waals surface area contributed by atoms with Crippen molar-refractivity contribution >= 4 is 11.6 Å². The first-order valence-corrected chi connectivity index (χ1v) is 6.41. The molecule has 1 atom stereocenters. The average Bonchev–Trinajstić information content (AvgIpc) is 3.05. The van der Waals surface area contributed by atoms with Gasteiger partial charge in [-0.3, -0.25) is 0 Å². The number of hydrogen-bond acceptors (Lipinski definition) is 2. The number of hydrogen-bond donors (Lipinski definition) is 1. The highest BCUT2D eigenvalue weighted by atomic mass is 35.5. The molecule has 0 radical (unpaired) electrons. The standard InChI is InChI=1S/C14H20ClNO/c1-8-7-11(17-4)13(15)9(2)12(8)14(5-6-14)10(3)16/h7,10H,5-6,16H2,1-4H3. The minimum atomic E-state index is 0.143. The van der Waals surface area contributed by atoms with Gasteiger partial charge in [0, 0.05) is 11.5 Å². The largest absolute Gasteiger partial charge is 0.495 e. The van der Waals surface area contributed by atoms with Crippen molar-refractivity contribution in [1.29, 1.82) is 0 Å². The molecule has 0 saturated heterocycles. The molecule has 0 aromatic heterocycles. The molecule has 1 aromatic rings. The first-order valence-electron chi connectivity index (χ1n) is 6.04. The number of benzene rings is 1. The molecule has 1 saturated carbocycles. The maximum atomic E-state index is 6.34. The van der Waals surface area contributed by atoms with E-state index in [2.05, 4.69) is 20.8 Å². The second-order valence-electron chi connectivity index (χ2n) is 5.15. The van der Waals surface area contributed by atoms with Crippen LogP contribution in [-0.4, -0.2) is 13.2 Å². The predicted octanol–water partition coefficient (Wildman–Crippen LogP) is 3.34. The van der Waals surface area contributed by atoms with Gasteiger partial charge in [-0.25, -0.2) is 0 Å². The van der Waals surface area contributed by atoms with Gasteiger partial charge in [-0.1, -0.05) is 11.6 Å². The van der Waals surface area contributed by atoms with Gasteiger partial charge < -0.3 is 10.5 Å². The Bertz CT molecular complexity index is 450. The fourth-order valence-electron chi connectivity index (χ4n) is 2.90. The quantitative estimate of drug-likeness (QED) is 0.897. The Labute approximate surface area is 108 Å². The summed E-state index contributed by atoms with van der Waals surface area (Å²) in [7, 11) is 1.65. The zero-order valence-corrected chi connectivity index (χ0v) is 11.7. The van der Waals surface area contributed by atoms with Crippen molar-refractivity contribution in [3.63, 3.8) is 0 Å². The van der Waals surface area contributed by atoms with Crippen molar-refractivity contribution in [3.05, 3.63) is 27.8 Å². The number of nitrogens with two attached hydrogens (primary N) is 1. The third-order valence-corrected chi connectivity index (χ3v) is 4.51. The van der Waals surface area contributed by atoms with Crippen LogP contribution in [0.5, 0.6) is 5.75 Å². The molecule has 1 aliphatic carbocycles. The molecule has 0 spiro atoms. The molecule has 0 amide bonds. The third kappa shape index (κ3) is 1.84. The Morgan fingerprint density at radius 1 is 1.41 bits per heavy atom. The van der Waals surface area contributed by atoms with Crippen LogP contribution in [0.15, 0.2) is 6.07 Å². The average molecular weight is 254 g/mol. The van der Waals surface area contributed by atoms with E-state index < -0.39 is 0 Å². The zero-order chi connectivity index (χ0) is 12.8. The van der Waals surface area contributed by atoms with Crippen molar-refractivity contribution in [2.24, 2.45) is 5.73 Å². The van der Waals surface area contributed by atoms with Gasteiger partial charge in [0.25, 0.3) is 0 Å². The molecule has 0 aliphatic heterocycles. The van der Waals surface area contributed by atoms with Gasteiger partial charge in [-0.05, 0) is 56.4 Å². The van der Waals surface area contributed by atoms with Crippen LogP contribution in [-0.2, 0) is 5.41 Å². The number of ether oxygens (including phenoxy) is 1. The molecule has 94 valence electrons. The third-order valence-electron chi connectivity index (χ3n) is 4.04. The van der Waals surface area contributed by atoms with Crippen LogP contribution in [0, 0.1) is 13.8 Å². The van der Waals surface area contributed by atoms with Crippen LogP contribution in [0.3, 0.4) is 0 Å². The molecule has 3 heteroatoms. The Hall–Kier alpha value is -0.730. The molecule has 1 aromatic carbocycles. The molecule has 0 bridgehead atoms. The molecule has 2 rings (SSSR count). The van der Waals surface area contributed by atoms with Gasteiger partial charge in [0.2, 0.25) is 0 Å². The molecule has 1 aliphatic rings. The summed E-state index contributed by atoms with van der Waals surface area (Å²) in [5.74, 6) is 0.755. The van der Waals surface area contributed by atoms with E-state index in [0.717, 1.165) is 29.2 Å². The summed E-state index contributed by atoms with van der Waals surface area (Å²) in [6.07, 6.45) is 2.32. The van der Waals surface area contributed by atoms with Crippen molar-refractivity contribution in [3.8, 4) is 5.75 Å². The highest BCUT2D eigenvalue weighted by Gasteiger charge is 2.49. The van der Waals surface area contributed by atoms with Crippen molar-refractivity contribution in [2.75, 3.05) is 7.11 Å². The number of halogens is 1. The van der Waals surface area contributed by atoms with Crippen LogP contribution in [0.25, 0.3) is 0 Å². The Morgan fingerprint density at radius 2 is 2.00 bits per heavy atom. The van der Waals surface area contributed by atoms with E-state index in [9.17, 15) is 0 Å². The van der Waals surface area contributed by atoms with Crippen LogP contribution < -0.4 is 10.5 Å². The van der Waals surface area contributed by atoms with Crippen molar-refractivity contribution in [1.82, 2.24) is 0 Å². The lowest BCUT2D eigenvalue weighted by atomic mass is 9.83.